The zero-order valence-corrected chi connectivity index (χ0v) is 17.3. The van der Waals surface area contributed by atoms with Gasteiger partial charge in [-0.2, -0.15) is 0 Å². The minimum atomic E-state index is -0.129. The number of pyridine rings is 1. The number of amides is 1. The van der Waals surface area contributed by atoms with E-state index in [1.807, 2.05) is 26.2 Å². The molecule has 0 bridgehead atoms. The fourth-order valence-electron chi connectivity index (χ4n) is 3.43. The van der Waals surface area contributed by atoms with E-state index >= 15 is 0 Å². The third-order valence-corrected chi connectivity index (χ3v) is 5.12. The number of H-pyrrole nitrogens is 1. The molecule has 148 valence electrons. The molecule has 1 atom stereocenters. The lowest BCUT2D eigenvalue weighted by Crippen LogP contribution is -2.24. The van der Waals surface area contributed by atoms with Crippen LogP contribution in [0.4, 0.5) is 5.69 Å². The number of nitrogens with one attached hydrogen (secondary N) is 2. The summed E-state index contributed by atoms with van der Waals surface area (Å²) in [5.41, 5.74) is 4.50. The normalized spacial score (nSPS) is 17.5. The van der Waals surface area contributed by atoms with Gasteiger partial charge in [0.25, 0.3) is 5.56 Å². The van der Waals surface area contributed by atoms with E-state index in [0.717, 1.165) is 23.3 Å². The van der Waals surface area contributed by atoms with Gasteiger partial charge in [-0.05, 0) is 35.1 Å². The maximum Gasteiger partial charge on any atom is 0.271 e. The Bertz CT molecular complexity index is 947. The van der Waals surface area contributed by atoms with Gasteiger partial charge in [-0.25, -0.2) is 0 Å². The molecule has 0 radical (unpaired) electrons. The number of aromatic nitrogens is 1. The molecule has 2 heterocycles. The lowest BCUT2D eigenvalue weighted by atomic mass is 9.86. The van der Waals surface area contributed by atoms with Gasteiger partial charge in [0.1, 0.15) is 5.69 Å². The predicted molar refractivity (Wildman–Crippen MR) is 115 cm³/mol. The van der Waals surface area contributed by atoms with Crippen LogP contribution >= 0.6 is 0 Å². The first-order valence-electron chi connectivity index (χ1n) is 9.68. The summed E-state index contributed by atoms with van der Waals surface area (Å²) >= 11 is 0. The highest BCUT2D eigenvalue weighted by molar-refractivity contribution is 5.82. The Morgan fingerprint density at radius 3 is 2.25 bits per heavy atom. The number of anilines is 1. The number of hydrogen-bond donors (Lipinski definition) is 2. The van der Waals surface area contributed by atoms with Crippen LogP contribution in [0.3, 0.4) is 0 Å². The number of aromatic amines is 1. The van der Waals surface area contributed by atoms with Gasteiger partial charge in [0.05, 0.1) is 0 Å². The highest BCUT2D eigenvalue weighted by atomic mass is 16.2. The van der Waals surface area contributed by atoms with Crippen molar-refractivity contribution in [2.75, 3.05) is 19.0 Å². The number of rotatable bonds is 4. The number of carbonyl (C=O) groups excluding carboxylic acids is 1. The first-order valence-corrected chi connectivity index (χ1v) is 9.68. The van der Waals surface area contributed by atoms with Crippen LogP contribution in [-0.2, 0) is 10.2 Å². The fraction of sp³-hybridized carbons (Fsp3) is 0.391. The van der Waals surface area contributed by atoms with Crippen LogP contribution in [0.15, 0.2) is 47.3 Å². The monoisotopic (exact) mass is 379 g/mol. The van der Waals surface area contributed by atoms with Crippen molar-refractivity contribution in [1.29, 1.82) is 0 Å². The molecule has 1 aliphatic rings. The van der Waals surface area contributed by atoms with Gasteiger partial charge >= 0.3 is 0 Å². The highest BCUT2D eigenvalue weighted by Gasteiger charge is 2.21. The van der Waals surface area contributed by atoms with E-state index in [0.29, 0.717) is 12.1 Å². The van der Waals surface area contributed by atoms with Gasteiger partial charge < -0.3 is 15.2 Å². The smallest absolute Gasteiger partial charge is 0.271 e. The van der Waals surface area contributed by atoms with Gasteiger partial charge in [-0.3, -0.25) is 9.59 Å². The minimum absolute atomic E-state index is 0.0261. The Kier molecular flexibility index (Phi) is 5.45. The van der Waals surface area contributed by atoms with Crippen LogP contribution in [0.2, 0.25) is 0 Å². The van der Waals surface area contributed by atoms with Crippen LogP contribution < -0.4 is 15.8 Å². The maximum atomic E-state index is 12.5. The Hall–Kier alpha value is -2.82. The molecule has 1 aromatic heterocycles. The number of benzene rings is 1. The number of hydrogen-bond acceptors (Lipinski definition) is 3. The van der Waals surface area contributed by atoms with Gasteiger partial charge in [-0.15, -0.1) is 0 Å². The molecule has 0 unspecified atom stereocenters. The topological polar surface area (TPSA) is 65.2 Å². The standard InChI is InChI=1S/C23H29N3O2/c1-23(2,3)16-8-6-15(7-9-16)18(14-17-10-13-21(27)24-17)19-11-12-20(26(4)5)22(28)25-19/h6-9,11-12,14,17H,10,13H2,1-5H3,(H,24,27)(H,25,28)/b18-14-/t17-/m1/s1. The van der Waals surface area contributed by atoms with E-state index in [1.165, 1.54) is 5.56 Å². The van der Waals surface area contributed by atoms with Crippen molar-refractivity contribution in [3.05, 3.63) is 69.6 Å². The van der Waals surface area contributed by atoms with Crippen LogP contribution in [0.25, 0.3) is 5.57 Å². The fourth-order valence-corrected chi connectivity index (χ4v) is 3.43. The van der Waals surface area contributed by atoms with Crippen molar-refractivity contribution < 1.29 is 4.79 Å². The van der Waals surface area contributed by atoms with E-state index in [-0.39, 0.29) is 22.9 Å². The first-order chi connectivity index (χ1) is 13.1. The van der Waals surface area contributed by atoms with Crippen LogP contribution in [0.5, 0.6) is 0 Å². The molecule has 0 saturated carbocycles. The molecule has 5 heteroatoms. The first kappa shape index (κ1) is 19.9. The van der Waals surface area contributed by atoms with E-state index in [9.17, 15) is 9.59 Å². The maximum absolute atomic E-state index is 12.5. The molecular weight excluding hydrogens is 350 g/mol. The molecule has 1 amide bonds. The van der Waals surface area contributed by atoms with Crippen molar-refractivity contribution in [3.8, 4) is 0 Å². The summed E-state index contributed by atoms with van der Waals surface area (Å²) in [5.74, 6) is 0.0696. The zero-order valence-electron chi connectivity index (χ0n) is 17.3. The summed E-state index contributed by atoms with van der Waals surface area (Å²) in [6.45, 7) is 6.55. The second kappa shape index (κ2) is 7.66. The number of nitrogens with zero attached hydrogens (tertiary/aromatic N) is 1. The van der Waals surface area contributed by atoms with Crippen molar-refractivity contribution in [2.45, 2.75) is 45.1 Å². The third kappa shape index (κ3) is 4.35. The molecule has 3 rings (SSSR count). The van der Waals surface area contributed by atoms with Crippen molar-refractivity contribution in [1.82, 2.24) is 10.3 Å². The Morgan fingerprint density at radius 2 is 1.75 bits per heavy atom. The lowest BCUT2D eigenvalue weighted by molar-refractivity contribution is -0.119. The molecule has 1 fully saturated rings. The van der Waals surface area contributed by atoms with Crippen LogP contribution in [0, 0.1) is 0 Å². The molecular formula is C23H29N3O2. The molecule has 1 aromatic carbocycles. The van der Waals surface area contributed by atoms with E-state index in [1.54, 1.807) is 4.90 Å². The summed E-state index contributed by atoms with van der Waals surface area (Å²) in [6.07, 6.45) is 3.35. The molecule has 1 saturated heterocycles. The summed E-state index contributed by atoms with van der Waals surface area (Å²) < 4.78 is 0. The Labute approximate surface area is 166 Å². The van der Waals surface area contributed by atoms with Crippen molar-refractivity contribution in [2.24, 2.45) is 0 Å². The van der Waals surface area contributed by atoms with Crippen LogP contribution in [-0.4, -0.2) is 31.0 Å². The summed E-state index contributed by atoms with van der Waals surface area (Å²) in [7, 11) is 3.69. The van der Waals surface area contributed by atoms with Gasteiger partial charge in [0.2, 0.25) is 5.91 Å². The summed E-state index contributed by atoms with van der Waals surface area (Å²) in [4.78, 5) is 28.9. The second-order valence-corrected chi connectivity index (χ2v) is 8.60. The molecule has 0 aliphatic carbocycles. The zero-order chi connectivity index (χ0) is 20.5. The van der Waals surface area contributed by atoms with Crippen LogP contribution in [0.1, 0.15) is 50.4 Å². The second-order valence-electron chi connectivity index (χ2n) is 8.60. The highest BCUT2D eigenvalue weighted by Crippen LogP contribution is 2.28. The quantitative estimate of drug-likeness (QED) is 0.855. The van der Waals surface area contributed by atoms with Crippen molar-refractivity contribution in [3.63, 3.8) is 0 Å². The summed E-state index contributed by atoms with van der Waals surface area (Å²) in [6, 6.07) is 12.2. The van der Waals surface area contributed by atoms with Gasteiger partial charge in [0, 0.05) is 37.8 Å². The number of carbonyl (C=O) groups is 1. The molecule has 2 aromatic rings. The Morgan fingerprint density at radius 1 is 1.07 bits per heavy atom. The van der Waals surface area contributed by atoms with E-state index < -0.39 is 0 Å². The van der Waals surface area contributed by atoms with Crippen molar-refractivity contribution >= 4 is 17.2 Å². The third-order valence-electron chi connectivity index (χ3n) is 5.12. The molecule has 0 spiro atoms. The molecule has 28 heavy (non-hydrogen) atoms. The summed E-state index contributed by atoms with van der Waals surface area (Å²) in [5, 5.41) is 2.99. The minimum Gasteiger partial charge on any atom is -0.373 e. The average molecular weight is 380 g/mol. The predicted octanol–water partition coefficient (Wildman–Crippen LogP) is 3.45. The molecule has 2 N–H and O–H groups in total. The van der Waals surface area contributed by atoms with E-state index in [4.69, 9.17) is 0 Å². The largest absolute Gasteiger partial charge is 0.373 e. The molecule has 5 nitrogen and oxygen atoms in total. The average Bonchev–Trinajstić information content (AvgIpc) is 3.03. The Balaban J connectivity index is 2.06. The van der Waals surface area contributed by atoms with Gasteiger partial charge in [-0.1, -0.05) is 51.1 Å². The molecule has 1 aliphatic heterocycles. The van der Waals surface area contributed by atoms with E-state index in [2.05, 4.69) is 61.4 Å². The SMILES string of the molecule is CN(C)c1ccc(/C(=C\[C@H]2CCC(=O)N2)c2ccc(C(C)(C)C)cc2)[nH]c1=O. The lowest BCUT2D eigenvalue weighted by Gasteiger charge is -2.20. The van der Waals surface area contributed by atoms with Gasteiger partial charge in [0.15, 0.2) is 0 Å².